The van der Waals surface area contributed by atoms with Gasteiger partial charge in [0.25, 0.3) is 0 Å². The van der Waals surface area contributed by atoms with E-state index in [4.69, 9.17) is 4.74 Å². The molecule has 22 heavy (non-hydrogen) atoms. The highest BCUT2D eigenvalue weighted by Crippen LogP contribution is 2.26. The molecule has 3 rings (SSSR count). The molecule has 7 heteroatoms. The molecule has 2 atom stereocenters. The first-order chi connectivity index (χ1) is 10.7. The molecule has 0 N–H and O–H groups in total. The van der Waals surface area contributed by atoms with Gasteiger partial charge >= 0.3 is 0 Å². The molecular weight excluding hydrogens is 300 g/mol. The van der Waals surface area contributed by atoms with Crippen LogP contribution in [0.1, 0.15) is 36.6 Å². The van der Waals surface area contributed by atoms with Crippen molar-refractivity contribution in [2.75, 3.05) is 19.7 Å². The smallest absolute Gasteiger partial charge is 0.230 e. The highest BCUT2D eigenvalue weighted by molar-refractivity contribution is 7.10. The van der Waals surface area contributed by atoms with Crippen LogP contribution >= 0.6 is 11.3 Å². The summed E-state index contributed by atoms with van der Waals surface area (Å²) in [5.41, 5.74) is 0. The minimum absolute atomic E-state index is 0.109. The number of carbonyl (C=O) groups is 1. The van der Waals surface area contributed by atoms with Gasteiger partial charge in [-0.25, -0.2) is 0 Å². The molecule has 1 aliphatic rings. The first kappa shape index (κ1) is 15.2. The molecule has 1 fully saturated rings. The molecule has 0 radical (unpaired) electrons. The topological polar surface area (TPSA) is 60.2 Å². The summed E-state index contributed by atoms with van der Waals surface area (Å²) in [5, 5.41) is 10.1. The quantitative estimate of drug-likeness (QED) is 0.865. The molecule has 1 saturated heterocycles. The van der Waals surface area contributed by atoms with Gasteiger partial charge in [-0.05, 0) is 25.3 Å². The number of hydrogen-bond donors (Lipinski definition) is 0. The Balaban J connectivity index is 1.71. The molecule has 0 unspecified atom stereocenters. The average Bonchev–Trinajstić information content (AvgIpc) is 3.24. The largest absolute Gasteiger partial charge is 0.366 e. The Kier molecular flexibility index (Phi) is 4.54. The molecule has 1 aliphatic heterocycles. The summed E-state index contributed by atoms with van der Waals surface area (Å²) in [6, 6.07) is 3.99. The molecule has 2 aromatic heterocycles. The highest BCUT2D eigenvalue weighted by atomic mass is 32.1. The number of amides is 1. The van der Waals surface area contributed by atoms with Crippen LogP contribution in [-0.2, 0) is 16.1 Å². The van der Waals surface area contributed by atoms with Gasteiger partial charge in [0.1, 0.15) is 12.4 Å². The number of aryl methyl sites for hydroxylation is 1. The third kappa shape index (κ3) is 2.91. The summed E-state index contributed by atoms with van der Waals surface area (Å²) in [7, 11) is 0. The normalized spacial score (nSPS) is 20.1. The van der Waals surface area contributed by atoms with Crippen molar-refractivity contribution in [2.45, 2.75) is 32.4 Å². The van der Waals surface area contributed by atoms with Crippen molar-refractivity contribution in [3.05, 3.63) is 34.5 Å². The van der Waals surface area contributed by atoms with Crippen LogP contribution in [0.25, 0.3) is 0 Å². The summed E-state index contributed by atoms with van der Waals surface area (Å²) in [5.74, 6) is 0.838. The van der Waals surface area contributed by atoms with E-state index in [0.717, 1.165) is 17.2 Å². The van der Waals surface area contributed by atoms with Gasteiger partial charge in [0.15, 0.2) is 5.82 Å². The molecule has 0 saturated carbocycles. The van der Waals surface area contributed by atoms with E-state index in [9.17, 15) is 4.79 Å². The highest BCUT2D eigenvalue weighted by Gasteiger charge is 2.31. The van der Waals surface area contributed by atoms with Crippen LogP contribution < -0.4 is 0 Å². The summed E-state index contributed by atoms with van der Waals surface area (Å²) in [4.78, 5) is 15.7. The fraction of sp³-hybridized carbons (Fsp3) is 0.533. The van der Waals surface area contributed by atoms with E-state index in [1.807, 2.05) is 40.8 Å². The maximum Gasteiger partial charge on any atom is 0.230 e. The number of carbonyl (C=O) groups excluding carboxylic acids is 1. The van der Waals surface area contributed by atoms with Crippen LogP contribution in [0.5, 0.6) is 0 Å². The van der Waals surface area contributed by atoms with Crippen LogP contribution in [0.2, 0.25) is 0 Å². The van der Waals surface area contributed by atoms with Crippen molar-refractivity contribution in [3.8, 4) is 0 Å². The van der Waals surface area contributed by atoms with Gasteiger partial charge in [-0.1, -0.05) is 6.07 Å². The minimum Gasteiger partial charge on any atom is -0.366 e. The molecule has 0 aliphatic carbocycles. The second kappa shape index (κ2) is 6.58. The number of nitrogens with zero attached hydrogens (tertiary/aromatic N) is 4. The monoisotopic (exact) mass is 320 g/mol. The average molecular weight is 320 g/mol. The molecule has 0 bridgehead atoms. The van der Waals surface area contributed by atoms with Gasteiger partial charge in [-0.3, -0.25) is 4.79 Å². The summed E-state index contributed by atoms with van der Waals surface area (Å²) in [6.07, 6.45) is 1.50. The van der Waals surface area contributed by atoms with Crippen LogP contribution in [-0.4, -0.2) is 45.3 Å². The molecule has 1 amide bonds. The van der Waals surface area contributed by atoms with Gasteiger partial charge in [0, 0.05) is 18.0 Å². The van der Waals surface area contributed by atoms with Gasteiger partial charge in [0.2, 0.25) is 5.91 Å². The van der Waals surface area contributed by atoms with E-state index < -0.39 is 0 Å². The van der Waals surface area contributed by atoms with E-state index in [1.165, 1.54) is 0 Å². The summed E-state index contributed by atoms with van der Waals surface area (Å²) in [6.45, 7) is 6.50. The molecule has 0 spiro atoms. The Morgan fingerprint density at radius 1 is 1.59 bits per heavy atom. The van der Waals surface area contributed by atoms with Crippen molar-refractivity contribution < 1.29 is 9.53 Å². The standard InChI is InChI=1S/C15H20N4O2S/c1-3-18-10-16-17-14(18)12-9-19(6-7-21-12)15(20)11(2)13-5-4-8-22-13/h4-5,8,10-12H,3,6-7,9H2,1-2H3/t11-,12+/m0/s1. The lowest BCUT2D eigenvalue weighted by atomic mass is 10.1. The van der Waals surface area contributed by atoms with Crippen molar-refractivity contribution in [3.63, 3.8) is 0 Å². The van der Waals surface area contributed by atoms with E-state index in [0.29, 0.717) is 19.7 Å². The number of ether oxygens (including phenoxy) is 1. The number of aromatic nitrogens is 3. The predicted octanol–water partition coefficient (Wildman–Crippen LogP) is 2.06. The number of hydrogen-bond acceptors (Lipinski definition) is 5. The lowest BCUT2D eigenvalue weighted by Crippen LogP contribution is -2.44. The van der Waals surface area contributed by atoms with Crippen molar-refractivity contribution in [1.29, 1.82) is 0 Å². The zero-order valence-electron chi connectivity index (χ0n) is 12.8. The Hall–Kier alpha value is -1.73. The minimum atomic E-state index is -0.198. The van der Waals surface area contributed by atoms with Gasteiger partial charge in [-0.15, -0.1) is 21.5 Å². The number of thiophene rings is 1. The van der Waals surface area contributed by atoms with Crippen molar-refractivity contribution in [1.82, 2.24) is 19.7 Å². The Morgan fingerprint density at radius 2 is 2.45 bits per heavy atom. The fourth-order valence-corrected chi connectivity index (χ4v) is 3.47. The lowest BCUT2D eigenvalue weighted by molar-refractivity contribution is -0.140. The second-order valence-electron chi connectivity index (χ2n) is 5.36. The van der Waals surface area contributed by atoms with Crippen LogP contribution in [0, 0.1) is 0 Å². The first-order valence-corrected chi connectivity index (χ1v) is 8.40. The Labute approximate surface area is 133 Å². The summed E-state index contributed by atoms with van der Waals surface area (Å²) < 4.78 is 7.76. The Morgan fingerprint density at radius 3 is 3.18 bits per heavy atom. The fourth-order valence-electron chi connectivity index (χ4n) is 2.70. The Bertz CT molecular complexity index is 625. The molecule has 3 heterocycles. The molecule has 2 aromatic rings. The number of morpholine rings is 1. The molecule has 0 aromatic carbocycles. The molecule has 118 valence electrons. The van der Waals surface area contributed by atoms with E-state index in [2.05, 4.69) is 10.2 Å². The zero-order chi connectivity index (χ0) is 15.5. The van der Waals surface area contributed by atoms with Crippen LogP contribution in [0.15, 0.2) is 23.8 Å². The molecular formula is C15H20N4O2S. The van der Waals surface area contributed by atoms with Crippen molar-refractivity contribution >= 4 is 17.2 Å². The van der Waals surface area contributed by atoms with E-state index >= 15 is 0 Å². The van der Waals surface area contributed by atoms with E-state index in [1.54, 1.807) is 17.7 Å². The van der Waals surface area contributed by atoms with Gasteiger partial charge in [-0.2, -0.15) is 0 Å². The summed E-state index contributed by atoms with van der Waals surface area (Å²) >= 11 is 1.62. The van der Waals surface area contributed by atoms with E-state index in [-0.39, 0.29) is 17.9 Å². The van der Waals surface area contributed by atoms with Crippen molar-refractivity contribution in [2.24, 2.45) is 0 Å². The van der Waals surface area contributed by atoms with Gasteiger partial charge in [0.05, 0.1) is 19.1 Å². The SMILES string of the molecule is CCn1cnnc1[C@H]1CN(C(=O)[C@@H](C)c2cccs2)CCO1. The van der Waals surface area contributed by atoms with Gasteiger partial charge < -0.3 is 14.2 Å². The third-order valence-corrected chi connectivity index (χ3v) is 5.05. The molecule has 6 nitrogen and oxygen atoms in total. The first-order valence-electron chi connectivity index (χ1n) is 7.52. The predicted molar refractivity (Wildman–Crippen MR) is 83.7 cm³/mol. The maximum atomic E-state index is 12.7. The number of rotatable bonds is 4. The van der Waals surface area contributed by atoms with Crippen LogP contribution in [0.3, 0.4) is 0 Å². The second-order valence-corrected chi connectivity index (χ2v) is 6.34. The maximum absolute atomic E-state index is 12.7. The third-order valence-electron chi connectivity index (χ3n) is 3.99. The lowest BCUT2D eigenvalue weighted by Gasteiger charge is -2.33. The van der Waals surface area contributed by atoms with Crippen LogP contribution in [0.4, 0.5) is 0 Å². The zero-order valence-corrected chi connectivity index (χ0v) is 13.6.